The molecule has 0 saturated carbocycles. The second-order valence-corrected chi connectivity index (χ2v) is 4.82. The van der Waals surface area contributed by atoms with Crippen molar-refractivity contribution in [3.05, 3.63) is 24.0 Å². The van der Waals surface area contributed by atoms with Crippen molar-refractivity contribution in [2.45, 2.75) is 31.2 Å². The topological polar surface area (TPSA) is 25.4 Å². The minimum Gasteiger partial charge on any atom is -0.492 e. The minimum absolute atomic E-state index is 0.431. The molecule has 0 amide bonds. The summed E-state index contributed by atoms with van der Waals surface area (Å²) in [5.41, 5.74) is 0.862. The maximum absolute atomic E-state index is 5.82. The lowest BCUT2D eigenvalue weighted by molar-refractivity contribution is 0.125. The van der Waals surface area contributed by atoms with Crippen LogP contribution in [-0.2, 0) is 5.88 Å². The molecule has 1 aromatic heterocycles. The van der Waals surface area contributed by atoms with Crippen LogP contribution in [0.1, 0.15) is 25.0 Å². The molecule has 0 N–H and O–H groups in total. The number of rotatable bonds is 4. The first-order valence-electron chi connectivity index (χ1n) is 6.13. The van der Waals surface area contributed by atoms with Crippen molar-refractivity contribution in [2.24, 2.45) is 0 Å². The summed E-state index contributed by atoms with van der Waals surface area (Å²) in [6.45, 7) is 1.93. The summed E-state index contributed by atoms with van der Waals surface area (Å²) in [7, 11) is 2.17. The third-order valence-corrected chi connectivity index (χ3v) is 3.56. The highest BCUT2D eigenvalue weighted by molar-refractivity contribution is 6.16. The molecule has 2 heterocycles. The number of likely N-dealkylation sites (tertiary alicyclic amines) is 1. The van der Waals surface area contributed by atoms with Crippen LogP contribution in [-0.4, -0.2) is 36.1 Å². The number of alkyl halides is 1. The van der Waals surface area contributed by atoms with Gasteiger partial charge in [0, 0.05) is 18.3 Å². The van der Waals surface area contributed by atoms with Crippen LogP contribution in [0.4, 0.5) is 0 Å². The Hall–Kier alpha value is -0.800. The Morgan fingerprint density at radius 3 is 3.18 bits per heavy atom. The van der Waals surface area contributed by atoms with E-state index in [-0.39, 0.29) is 0 Å². The molecule has 1 unspecified atom stereocenters. The number of hydrogen-bond acceptors (Lipinski definition) is 3. The number of piperidine rings is 1. The van der Waals surface area contributed by atoms with Crippen molar-refractivity contribution in [2.75, 3.05) is 20.2 Å². The molecule has 17 heavy (non-hydrogen) atoms. The highest BCUT2D eigenvalue weighted by Gasteiger charge is 2.19. The molecule has 0 aliphatic carbocycles. The van der Waals surface area contributed by atoms with Crippen molar-refractivity contribution < 1.29 is 4.74 Å². The van der Waals surface area contributed by atoms with Gasteiger partial charge in [-0.15, -0.1) is 11.6 Å². The fraction of sp³-hybridized carbons (Fsp3) is 0.615. The van der Waals surface area contributed by atoms with Gasteiger partial charge in [-0.2, -0.15) is 0 Å². The lowest BCUT2D eigenvalue weighted by Gasteiger charge is -2.32. The molecule has 1 aliphatic heterocycles. The predicted octanol–water partition coefficient (Wildman–Crippen LogP) is 2.68. The number of pyridine rings is 1. The van der Waals surface area contributed by atoms with Gasteiger partial charge in [-0.1, -0.05) is 6.42 Å². The Balaban J connectivity index is 1.88. The third kappa shape index (κ3) is 3.58. The number of likely N-dealkylation sites (N-methyl/N-ethyl adjacent to an activating group) is 1. The summed E-state index contributed by atoms with van der Waals surface area (Å²) in [4.78, 5) is 6.53. The average molecular weight is 255 g/mol. The van der Waals surface area contributed by atoms with Gasteiger partial charge in [0.05, 0.1) is 11.6 Å². The molecular weight excluding hydrogens is 236 g/mol. The average Bonchev–Trinajstić information content (AvgIpc) is 2.38. The summed E-state index contributed by atoms with van der Waals surface area (Å²) in [6, 6.07) is 4.34. The van der Waals surface area contributed by atoms with Crippen molar-refractivity contribution in [3.8, 4) is 5.75 Å². The Morgan fingerprint density at radius 2 is 2.41 bits per heavy atom. The maximum Gasteiger partial charge on any atom is 0.122 e. The van der Waals surface area contributed by atoms with Gasteiger partial charge < -0.3 is 9.64 Å². The van der Waals surface area contributed by atoms with Crippen LogP contribution in [0.3, 0.4) is 0 Å². The van der Waals surface area contributed by atoms with Gasteiger partial charge in [-0.25, -0.2) is 0 Å². The fourth-order valence-electron chi connectivity index (χ4n) is 2.17. The van der Waals surface area contributed by atoms with E-state index in [1.807, 2.05) is 12.1 Å². The summed E-state index contributed by atoms with van der Waals surface area (Å²) >= 11 is 5.74. The van der Waals surface area contributed by atoms with Gasteiger partial charge in [0.15, 0.2) is 0 Å². The van der Waals surface area contributed by atoms with Gasteiger partial charge in [0.2, 0.25) is 0 Å². The quantitative estimate of drug-likeness (QED) is 0.773. The molecule has 3 nitrogen and oxygen atoms in total. The maximum atomic E-state index is 5.82. The number of hydrogen-bond donors (Lipinski definition) is 0. The summed E-state index contributed by atoms with van der Waals surface area (Å²) < 4.78 is 5.82. The molecule has 1 saturated heterocycles. The fourth-order valence-corrected chi connectivity index (χ4v) is 2.31. The molecule has 0 bridgehead atoms. The largest absolute Gasteiger partial charge is 0.492 e. The van der Waals surface area contributed by atoms with Crippen LogP contribution < -0.4 is 4.74 Å². The predicted molar refractivity (Wildman–Crippen MR) is 69.6 cm³/mol. The van der Waals surface area contributed by atoms with E-state index in [4.69, 9.17) is 16.3 Å². The summed E-state index contributed by atoms with van der Waals surface area (Å²) in [5.74, 6) is 1.30. The molecular formula is C13H19ClN2O. The monoisotopic (exact) mass is 254 g/mol. The van der Waals surface area contributed by atoms with E-state index in [2.05, 4.69) is 16.9 Å². The number of nitrogens with zero attached hydrogens (tertiary/aromatic N) is 2. The first kappa shape index (κ1) is 12.7. The van der Waals surface area contributed by atoms with Crippen LogP contribution in [0.5, 0.6) is 5.75 Å². The first-order chi connectivity index (χ1) is 8.29. The number of aromatic nitrogens is 1. The molecule has 0 radical (unpaired) electrons. The van der Waals surface area contributed by atoms with Gasteiger partial charge >= 0.3 is 0 Å². The molecule has 94 valence electrons. The molecule has 4 heteroatoms. The zero-order valence-electron chi connectivity index (χ0n) is 10.2. The van der Waals surface area contributed by atoms with Crippen molar-refractivity contribution >= 4 is 11.6 Å². The van der Waals surface area contributed by atoms with E-state index >= 15 is 0 Å². The second-order valence-electron chi connectivity index (χ2n) is 4.56. The molecule has 1 atom stereocenters. The van der Waals surface area contributed by atoms with E-state index in [1.165, 1.54) is 25.8 Å². The molecule has 1 aromatic rings. The first-order valence-corrected chi connectivity index (χ1v) is 6.67. The SMILES string of the molecule is CN1CCCCC1COc1ccnc(CCl)c1. The minimum atomic E-state index is 0.431. The third-order valence-electron chi connectivity index (χ3n) is 3.29. The highest BCUT2D eigenvalue weighted by atomic mass is 35.5. The normalized spacial score (nSPS) is 21.4. The standard InChI is InChI=1S/C13H19ClN2O/c1-16-7-3-2-4-12(16)10-17-13-5-6-15-11(8-13)9-14/h5-6,8,12H,2-4,7,9-10H2,1H3. The number of ether oxygens (including phenoxy) is 1. The smallest absolute Gasteiger partial charge is 0.122 e. The van der Waals surface area contributed by atoms with Crippen LogP contribution in [0.25, 0.3) is 0 Å². The summed E-state index contributed by atoms with van der Waals surface area (Å²) in [6.07, 6.45) is 5.59. The Labute approximate surface area is 108 Å². The van der Waals surface area contributed by atoms with Gasteiger partial charge in [-0.05, 0) is 32.5 Å². The molecule has 1 fully saturated rings. The lowest BCUT2D eigenvalue weighted by Crippen LogP contribution is -2.40. The van der Waals surface area contributed by atoms with Crippen LogP contribution in [0.2, 0.25) is 0 Å². The van der Waals surface area contributed by atoms with Crippen molar-refractivity contribution in [1.82, 2.24) is 9.88 Å². The zero-order chi connectivity index (χ0) is 12.1. The van der Waals surface area contributed by atoms with E-state index in [9.17, 15) is 0 Å². The van der Waals surface area contributed by atoms with Crippen LogP contribution in [0, 0.1) is 0 Å². The molecule has 1 aliphatic rings. The molecule has 2 rings (SSSR count). The van der Waals surface area contributed by atoms with E-state index < -0.39 is 0 Å². The zero-order valence-corrected chi connectivity index (χ0v) is 11.0. The van der Waals surface area contributed by atoms with Gasteiger partial charge in [-0.3, -0.25) is 4.98 Å². The van der Waals surface area contributed by atoms with Crippen molar-refractivity contribution in [1.29, 1.82) is 0 Å². The highest BCUT2D eigenvalue weighted by Crippen LogP contribution is 2.18. The van der Waals surface area contributed by atoms with Gasteiger partial charge in [0.25, 0.3) is 0 Å². The Morgan fingerprint density at radius 1 is 1.53 bits per heavy atom. The van der Waals surface area contributed by atoms with Crippen LogP contribution >= 0.6 is 11.6 Å². The van der Waals surface area contributed by atoms with E-state index in [0.717, 1.165) is 18.1 Å². The Kier molecular flexibility index (Phi) is 4.63. The van der Waals surface area contributed by atoms with E-state index in [0.29, 0.717) is 11.9 Å². The van der Waals surface area contributed by atoms with Crippen molar-refractivity contribution in [3.63, 3.8) is 0 Å². The molecule has 0 aromatic carbocycles. The lowest BCUT2D eigenvalue weighted by atomic mass is 10.0. The van der Waals surface area contributed by atoms with E-state index in [1.54, 1.807) is 6.20 Å². The Bertz CT molecular complexity index is 359. The number of halogens is 1. The van der Waals surface area contributed by atoms with Gasteiger partial charge in [0.1, 0.15) is 12.4 Å². The second kappa shape index (κ2) is 6.22. The summed E-state index contributed by atoms with van der Waals surface area (Å²) in [5, 5.41) is 0. The van der Waals surface area contributed by atoms with Crippen LogP contribution in [0.15, 0.2) is 18.3 Å². The molecule has 0 spiro atoms.